The molecule has 8 aromatic carbocycles. The van der Waals surface area contributed by atoms with Gasteiger partial charge in [-0.3, -0.25) is 0 Å². The predicted molar refractivity (Wildman–Crippen MR) is 200 cm³/mol. The molecule has 0 saturated carbocycles. The minimum absolute atomic E-state index is 1.13. The lowest BCUT2D eigenvalue weighted by Gasteiger charge is -2.26. The van der Waals surface area contributed by atoms with Crippen molar-refractivity contribution >= 4 is 70.1 Å². The summed E-state index contributed by atoms with van der Waals surface area (Å²) in [6, 6.07) is 64.0. The fourth-order valence-electron chi connectivity index (χ4n) is 6.74. The van der Waals surface area contributed by atoms with Crippen LogP contribution in [0.1, 0.15) is 0 Å². The second kappa shape index (κ2) is 11.0. The van der Waals surface area contributed by atoms with Crippen LogP contribution in [0, 0.1) is 0 Å². The average Bonchev–Trinajstić information content (AvgIpc) is 3.50. The Kier molecular flexibility index (Phi) is 6.40. The molecule has 0 aliphatic heterocycles. The molecular formula is C44H29NS. The number of fused-ring (bicyclic) bond motifs is 5. The zero-order chi connectivity index (χ0) is 30.5. The summed E-state index contributed by atoms with van der Waals surface area (Å²) in [6.07, 6.45) is 0. The van der Waals surface area contributed by atoms with Gasteiger partial charge in [-0.1, -0.05) is 127 Å². The van der Waals surface area contributed by atoms with Crippen LogP contribution in [0.4, 0.5) is 17.1 Å². The maximum absolute atomic E-state index is 2.38. The molecule has 216 valence electrons. The van der Waals surface area contributed by atoms with Crippen molar-refractivity contribution in [3.63, 3.8) is 0 Å². The first-order valence-electron chi connectivity index (χ1n) is 15.7. The summed E-state index contributed by atoms with van der Waals surface area (Å²) in [5.74, 6) is 0. The van der Waals surface area contributed by atoms with E-state index in [2.05, 4.69) is 181 Å². The summed E-state index contributed by atoms with van der Waals surface area (Å²) in [5.41, 5.74) is 8.31. The van der Waals surface area contributed by atoms with E-state index in [1.807, 2.05) is 11.3 Å². The van der Waals surface area contributed by atoms with E-state index in [0.717, 1.165) is 17.1 Å². The first-order valence-corrected chi connectivity index (χ1v) is 16.5. The number of thiophene rings is 1. The zero-order valence-electron chi connectivity index (χ0n) is 25.1. The first kappa shape index (κ1) is 26.7. The van der Waals surface area contributed by atoms with Crippen molar-refractivity contribution in [1.82, 2.24) is 0 Å². The molecule has 2 heteroatoms. The summed E-state index contributed by atoms with van der Waals surface area (Å²) < 4.78 is 2.62. The molecule has 9 aromatic rings. The Morgan fingerprint density at radius 1 is 0.326 bits per heavy atom. The molecule has 9 rings (SSSR count). The Bertz CT molecular complexity index is 2520. The average molecular weight is 604 g/mol. The minimum atomic E-state index is 1.13. The van der Waals surface area contributed by atoms with Gasteiger partial charge in [0.25, 0.3) is 0 Å². The van der Waals surface area contributed by atoms with Gasteiger partial charge >= 0.3 is 0 Å². The van der Waals surface area contributed by atoms with Gasteiger partial charge in [-0.15, -0.1) is 11.3 Å². The molecule has 0 saturated heterocycles. The van der Waals surface area contributed by atoms with Crippen LogP contribution < -0.4 is 4.90 Å². The smallest absolute Gasteiger partial charge is 0.0476 e. The van der Waals surface area contributed by atoms with Crippen LogP contribution in [0.25, 0.3) is 64.0 Å². The highest BCUT2D eigenvalue weighted by atomic mass is 32.1. The number of anilines is 3. The summed E-state index contributed by atoms with van der Waals surface area (Å²) in [6.45, 7) is 0. The van der Waals surface area contributed by atoms with Crippen LogP contribution in [-0.4, -0.2) is 0 Å². The largest absolute Gasteiger partial charge is 0.310 e. The van der Waals surface area contributed by atoms with E-state index >= 15 is 0 Å². The lowest BCUT2D eigenvalue weighted by Crippen LogP contribution is -2.09. The Balaban J connectivity index is 1.15. The Morgan fingerprint density at radius 3 is 1.72 bits per heavy atom. The van der Waals surface area contributed by atoms with Gasteiger partial charge < -0.3 is 4.90 Å². The number of nitrogens with zero attached hydrogens (tertiary/aromatic N) is 1. The quantitative estimate of drug-likeness (QED) is 0.189. The van der Waals surface area contributed by atoms with Gasteiger partial charge in [0.2, 0.25) is 0 Å². The molecule has 0 unspecified atom stereocenters. The first-order chi connectivity index (χ1) is 22.8. The minimum Gasteiger partial charge on any atom is -0.310 e. The Labute approximate surface area is 272 Å². The Hall–Kier alpha value is -5.70. The van der Waals surface area contributed by atoms with Crippen LogP contribution in [0.5, 0.6) is 0 Å². The molecule has 1 aromatic heterocycles. The number of hydrogen-bond donors (Lipinski definition) is 0. The monoisotopic (exact) mass is 603 g/mol. The van der Waals surface area contributed by atoms with Crippen molar-refractivity contribution in [2.45, 2.75) is 0 Å². The van der Waals surface area contributed by atoms with Gasteiger partial charge in [0.05, 0.1) is 0 Å². The summed E-state index contributed by atoms with van der Waals surface area (Å²) in [7, 11) is 0. The molecule has 0 fully saturated rings. The third kappa shape index (κ3) is 4.63. The van der Waals surface area contributed by atoms with Crippen LogP contribution in [-0.2, 0) is 0 Å². The van der Waals surface area contributed by atoms with E-state index in [1.165, 1.54) is 64.0 Å². The molecule has 0 spiro atoms. The molecule has 0 aliphatic rings. The van der Waals surface area contributed by atoms with Crippen LogP contribution >= 0.6 is 11.3 Å². The highest BCUT2D eigenvalue weighted by molar-refractivity contribution is 7.25. The van der Waals surface area contributed by atoms with E-state index in [1.54, 1.807) is 0 Å². The number of rotatable bonds is 5. The predicted octanol–water partition coefficient (Wildman–Crippen LogP) is 13.2. The van der Waals surface area contributed by atoms with Crippen molar-refractivity contribution in [1.29, 1.82) is 0 Å². The molecule has 0 amide bonds. The normalized spacial score (nSPS) is 11.5. The zero-order valence-corrected chi connectivity index (χ0v) is 25.9. The third-order valence-corrected chi connectivity index (χ3v) is 10.2. The second-order valence-electron chi connectivity index (χ2n) is 11.8. The topological polar surface area (TPSA) is 3.24 Å². The van der Waals surface area contributed by atoms with E-state index in [4.69, 9.17) is 0 Å². The lowest BCUT2D eigenvalue weighted by molar-refractivity contribution is 1.29. The molecule has 0 atom stereocenters. The SMILES string of the molecule is c1ccc2cc(-c3ccc(N(c4ccc(-c5cccc6ccccc56)cc4)c4ccc5c(c4)sc4ccccc45)cc3)ccc2c1. The second-order valence-corrected chi connectivity index (χ2v) is 12.9. The molecule has 0 N–H and O–H groups in total. The van der Waals surface area contributed by atoms with E-state index in [9.17, 15) is 0 Å². The molecule has 0 radical (unpaired) electrons. The van der Waals surface area contributed by atoms with Gasteiger partial charge in [-0.05, 0) is 92.3 Å². The van der Waals surface area contributed by atoms with Gasteiger partial charge in [-0.2, -0.15) is 0 Å². The van der Waals surface area contributed by atoms with E-state index < -0.39 is 0 Å². The van der Waals surface area contributed by atoms with Gasteiger partial charge in [0, 0.05) is 37.2 Å². The van der Waals surface area contributed by atoms with Crippen LogP contribution in [0.15, 0.2) is 176 Å². The van der Waals surface area contributed by atoms with Gasteiger partial charge in [-0.25, -0.2) is 0 Å². The number of hydrogen-bond acceptors (Lipinski definition) is 2. The summed E-state index contributed by atoms with van der Waals surface area (Å²) in [4.78, 5) is 2.38. The lowest BCUT2D eigenvalue weighted by atomic mass is 9.98. The van der Waals surface area contributed by atoms with E-state index in [0.29, 0.717) is 0 Å². The summed E-state index contributed by atoms with van der Waals surface area (Å²) >= 11 is 1.86. The van der Waals surface area contributed by atoms with Gasteiger partial charge in [0.15, 0.2) is 0 Å². The molecule has 46 heavy (non-hydrogen) atoms. The Morgan fingerprint density at radius 2 is 0.913 bits per heavy atom. The third-order valence-electron chi connectivity index (χ3n) is 9.05. The van der Waals surface area contributed by atoms with Gasteiger partial charge in [0.1, 0.15) is 0 Å². The summed E-state index contributed by atoms with van der Waals surface area (Å²) in [5, 5.41) is 7.68. The maximum atomic E-state index is 2.38. The maximum Gasteiger partial charge on any atom is 0.0476 e. The standard InChI is InChI=1S/C44H29NS/c1-2-10-34-28-35(17-16-30(34)8-1)31-18-22-36(23-19-31)45(38-26-27-42-41-13-5-6-15-43(41)46-44(42)29-38)37-24-20-33(21-25-37)40-14-7-11-32-9-3-4-12-39(32)40/h1-29H. The van der Waals surface area contributed by atoms with Crippen LogP contribution in [0.3, 0.4) is 0 Å². The van der Waals surface area contributed by atoms with Crippen molar-refractivity contribution in [3.05, 3.63) is 176 Å². The fraction of sp³-hybridized carbons (Fsp3) is 0. The molecule has 1 heterocycles. The molecule has 0 aliphatic carbocycles. The molecule has 0 bridgehead atoms. The molecular weight excluding hydrogens is 575 g/mol. The highest BCUT2D eigenvalue weighted by Gasteiger charge is 2.16. The van der Waals surface area contributed by atoms with Crippen molar-refractivity contribution < 1.29 is 0 Å². The van der Waals surface area contributed by atoms with Crippen LogP contribution in [0.2, 0.25) is 0 Å². The van der Waals surface area contributed by atoms with Crippen molar-refractivity contribution in [3.8, 4) is 22.3 Å². The number of benzene rings is 8. The van der Waals surface area contributed by atoms with Crippen molar-refractivity contribution in [2.75, 3.05) is 4.90 Å². The molecule has 1 nitrogen and oxygen atoms in total. The van der Waals surface area contributed by atoms with Crippen molar-refractivity contribution in [2.24, 2.45) is 0 Å². The van der Waals surface area contributed by atoms with E-state index in [-0.39, 0.29) is 0 Å². The fourth-order valence-corrected chi connectivity index (χ4v) is 7.88. The highest BCUT2D eigenvalue weighted by Crippen LogP contribution is 2.41.